The van der Waals surface area contributed by atoms with Crippen molar-refractivity contribution in [3.63, 3.8) is 0 Å². The van der Waals surface area contributed by atoms with Gasteiger partial charge < -0.3 is 9.47 Å². The molecule has 0 unspecified atom stereocenters. The number of hydrogen-bond donors (Lipinski definition) is 0. The molecule has 4 nitrogen and oxygen atoms in total. The lowest BCUT2D eigenvalue weighted by atomic mass is 10.2. The van der Waals surface area contributed by atoms with Gasteiger partial charge in [-0.1, -0.05) is 6.07 Å². The highest BCUT2D eigenvalue weighted by atomic mass is 79.9. The van der Waals surface area contributed by atoms with Gasteiger partial charge in [0.1, 0.15) is 5.75 Å². The Morgan fingerprint density at radius 2 is 1.71 bits per heavy atom. The van der Waals surface area contributed by atoms with E-state index < -0.39 is 9.05 Å². The third-order valence-corrected chi connectivity index (χ3v) is 4.70. The molecule has 0 aromatic heterocycles. The number of halogens is 2. The van der Waals surface area contributed by atoms with E-state index in [2.05, 4.69) is 15.9 Å². The topological polar surface area (TPSA) is 52.6 Å². The highest BCUT2D eigenvalue weighted by Crippen LogP contribution is 2.36. The van der Waals surface area contributed by atoms with Crippen LogP contribution in [0.25, 0.3) is 0 Å². The highest BCUT2D eigenvalue weighted by molar-refractivity contribution is 9.10. The van der Waals surface area contributed by atoms with E-state index in [1.165, 1.54) is 18.2 Å². The van der Waals surface area contributed by atoms with Crippen molar-refractivity contribution in [1.82, 2.24) is 0 Å². The zero-order valence-electron chi connectivity index (χ0n) is 11.3. The van der Waals surface area contributed by atoms with Crippen molar-refractivity contribution < 1.29 is 17.9 Å². The molecule has 0 saturated heterocycles. The Morgan fingerprint density at radius 1 is 1.05 bits per heavy atom. The van der Waals surface area contributed by atoms with Gasteiger partial charge >= 0.3 is 0 Å². The summed E-state index contributed by atoms with van der Waals surface area (Å²) in [6, 6.07) is 9.82. The van der Waals surface area contributed by atoms with Gasteiger partial charge in [-0.3, -0.25) is 0 Å². The van der Waals surface area contributed by atoms with Crippen LogP contribution in [-0.2, 0) is 9.05 Å². The molecule has 0 spiro atoms. The fourth-order valence-electron chi connectivity index (χ4n) is 1.69. The van der Waals surface area contributed by atoms with E-state index in [1.807, 2.05) is 19.1 Å². The minimum Gasteiger partial charge on any atom is -0.493 e. The summed E-state index contributed by atoms with van der Waals surface area (Å²) < 4.78 is 34.0. The molecule has 0 aliphatic heterocycles. The Hall–Kier alpha value is -1.24. The van der Waals surface area contributed by atoms with Crippen LogP contribution in [0.4, 0.5) is 0 Å². The molecule has 0 fully saturated rings. The lowest BCUT2D eigenvalue weighted by molar-refractivity contribution is 0.378. The lowest BCUT2D eigenvalue weighted by Crippen LogP contribution is -1.94. The molecule has 0 bridgehead atoms. The first-order valence-electron chi connectivity index (χ1n) is 5.88. The van der Waals surface area contributed by atoms with E-state index in [0.717, 1.165) is 5.56 Å². The second-order valence-electron chi connectivity index (χ2n) is 4.29. The Balaban J connectivity index is 2.37. The first kappa shape index (κ1) is 16.1. The van der Waals surface area contributed by atoms with Crippen molar-refractivity contribution in [3.8, 4) is 17.2 Å². The predicted octanol–water partition coefficient (Wildman–Crippen LogP) is 4.49. The average molecular weight is 392 g/mol. The van der Waals surface area contributed by atoms with Gasteiger partial charge in [0.15, 0.2) is 11.5 Å². The van der Waals surface area contributed by atoms with Gasteiger partial charge in [-0.15, -0.1) is 0 Å². The SMILES string of the molecule is COc1cc(C)ccc1Oc1ccc(S(=O)(=O)Cl)cc1Br. The number of hydrogen-bond acceptors (Lipinski definition) is 4. The highest BCUT2D eigenvalue weighted by Gasteiger charge is 2.14. The van der Waals surface area contributed by atoms with E-state index in [-0.39, 0.29) is 4.90 Å². The Bertz CT molecular complexity index is 775. The fraction of sp³-hybridized carbons (Fsp3) is 0.143. The van der Waals surface area contributed by atoms with Gasteiger partial charge in [0.25, 0.3) is 9.05 Å². The standard InChI is InChI=1S/C14H12BrClO4S/c1-9-3-5-13(14(7-9)19-2)20-12-6-4-10(8-11(12)15)21(16,17)18/h3-8H,1-2H3. The number of aryl methyl sites for hydroxylation is 1. The first-order chi connectivity index (χ1) is 9.81. The van der Waals surface area contributed by atoms with E-state index >= 15 is 0 Å². The lowest BCUT2D eigenvalue weighted by Gasteiger charge is -2.12. The number of methoxy groups -OCH3 is 1. The van der Waals surface area contributed by atoms with Crippen molar-refractivity contribution in [1.29, 1.82) is 0 Å². The summed E-state index contributed by atoms with van der Waals surface area (Å²) in [5, 5.41) is 0. The summed E-state index contributed by atoms with van der Waals surface area (Å²) in [5.74, 6) is 1.59. The van der Waals surface area contributed by atoms with Gasteiger partial charge in [-0.2, -0.15) is 0 Å². The minimum absolute atomic E-state index is 0.000683. The Labute approximate surface area is 136 Å². The zero-order chi connectivity index (χ0) is 15.6. The summed E-state index contributed by atoms with van der Waals surface area (Å²) in [6.45, 7) is 1.95. The van der Waals surface area contributed by atoms with Crippen LogP contribution in [-0.4, -0.2) is 15.5 Å². The molecule has 0 aliphatic carbocycles. The van der Waals surface area contributed by atoms with Crippen LogP contribution < -0.4 is 9.47 Å². The number of rotatable bonds is 4. The molecule has 0 atom stereocenters. The van der Waals surface area contributed by atoms with Crippen molar-refractivity contribution in [2.24, 2.45) is 0 Å². The van der Waals surface area contributed by atoms with Crippen molar-refractivity contribution >= 4 is 35.7 Å². The fourth-order valence-corrected chi connectivity index (χ4v) is 3.08. The van der Waals surface area contributed by atoms with Gasteiger partial charge in [0.05, 0.1) is 16.5 Å². The average Bonchev–Trinajstić information content (AvgIpc) is 2.41. The molecule has 0 aliphatic rings. The Kier molecular flexibility index (Phi) is 4.81. The minimum atomic E-state index is -3.77. The predicted molar refractivity (Wildman–Crippen MR) is 85.0 cm³/mol. The van der Waals surface area contributed by atoms with E-state index in [1.54, 1.807) is 13.2 Å². The first-order valence-corrected chi connectivity index (χ1v) is 8.98. The van der Waals surface area contributed by atoms with Crippen LogP contribution in [0.15, 0.2) is 45.8 Å². The molecular formula is C14H12BrClO4S. The molecule has 2 aromatic rings. The maximum absolute atomic E-state index is 11.3. The van der Waals surface area contributed by atoms with Crippen LogP contribution in [0, 0.1) is 6.92 Å². The molecular weight excluding hydrogens is 380 g/mol. The molecule has 7 heteroatoms. The maximum atomic E-state index is 11.3. The molecule has 0 amide bonds. The van der Waals surface area contributed by atoms with Crippen molar-refractivity contribution in [2.75, 3.05) is 7.11 Å². The third-order valence-electron chi connectivity index (χ3n) is 2.72. The van der Waals surface area contributed by atoms with Gasteiger partial charge in [0.2, 0.25) is 0 Å². The van der Waals surface area contributed by atoms with Gasteiger partial charge in [-0.25, -0.2) is 8.42 Å². The monoisotopic (exact) mass is 390 g/mol. The molecule has 0 radical (unpaired) electrons. The van der Waals surface area contributed by atoms with Gasteiger partial charge in [0, 0.05) is 10.7 Å². The number of benzene rings is 2. The summed E-state index contributed by atoms with van der Waals surface area (Å²) in [6.07, 6.45) is 0. The zero-order valence-corrected chi connectivity index (χ0v) is 14.4. The normalized spacial score (nSPS) is 11.2. The van der Waals surface area contributed by atoms with E-state index in [4.69, 9.17) is 20.2 Å². The van der Waals surface area contributed by atoms with Crippen molar-refractivity contribution in [2.45, 2.75) is 11.8 Å². The largest absolute Gasteiger partial charge is 0.493 e. The molecule has 0 heterocycles. The second-order valence-corrected chi connectivity index (χ2v) is 7.71. The van der Waals surface area contributed by atoms with Crippen molar-refractivity contribution in [3.05, 3.63) is 46.4 Å². The van der Waals surface area contributed by atoms with E-state index in [0.29, 0.717) is 21.7 Å². The molecule has 2 aromatic carbocycles. The summed E-state index contributed by atoms with van der Waals surface area (Å²) >= 11 is 3.27. The molecule has 21 heavy (non-hydrogen) atoms. The van der Waals surface area contributed by atoms with Crippen LogP contribution in [0.1, 0.15) is 5.56 Å². The van der Waals surface area contributed by atoms with Crippen LogP contribution in [0.2, 0.25) is 0 Å². The Morgan fingerprint density at radius 3 is 2.29 bits per heavy atom. The third kappa shape index (κ3) is 3.90. The summed E-state index contributed by atoms with van der Waals surface area (Å²) in [5.41, 5.74) is 1.04. The summed E-state index contributed by atoms with van der Waals surface area (Å²) in [4.78, 5) is -0.000683. The smallest absolute Gasteiger partial charge is 0.261 e. The molecule has 2 rings (SSSR count). The number of ether oxygens (including phenoxy) is 2. The second kappa shape index (κ2) is 6.25. The van der Waals surface area contributed by atoms with Gasteiger partial charge in [-0.05, 0) is 58.7 Å². The quantitative estimate of drug-likeness (QED) is 0.721. The summed E-state index contributed by atoms with van der Waals surface area (Å²) in [7, 11) is 3.08. The molecule has 0 saturated carbocycles. The molecule has 112 valence electrons. The molecule has 0 N–H and O–H groups in total. The maximum Gasteiger partial charge on any atom is 0.261 e. The van der Waals surface area contributed by atoms with E-state index in [9.17, 15) is 8.42 Å². The van der Waals surface area contributed by atoms with Crippen LogP contribution in [0.3, 0.4) is 0 Å². The van der Waals surface area contributed by atoms with Crippen LogP contribution >= 0.6 is 26.6 Å². The van der Waals surface area contributed by atoms with Crippen LogP contribution in [0.5, 0.6) is 17.2 Å².